The van der Waals surface area contributed by atoms with Crippen molar-refractivity contribution in [2.75, 3.05) is 5.32 Å². The molecular formula is C19H16ClN5. The zero-order chi connectivity index (χ0) is 17.4. The molecule has 0 saturated heterocycles. The highest BCUT2D eigenvalue weighted by molar-refractivity contribution is 6.28. The van der Waals surface area contributed by atoms with Crippen molar-refractivity contribution in [2.24, 2.45) is 0 Å². The number of hydrogen-bond donors (Lipinski definition) is 1. The van der Waals surface area contributed by atoms with E-state index in [4.69, 9.17) is 11.6 Å². The zero-order valence-corrected chi connectivity index (χ0v) is 14.6. The molecule has 2 aromatic carbocycles. The van der Waals surface area contributed by atoms with E-state index in [-0.39, 0.29) is 5.28 Å². The lowest BCUT2D eigenvalue weighted by Gasteiger charge is -2.08. The lowest BCUT2D eigenvalue weighted by molar-refractivity contribution is 0.894. The first-order chi connectivity index (χ1) is 12.1. The Morgan fingerprint density at radius 3 is 2.20 bits per heavy atom. The van der Waals surface area contributed by atoms with Gasteiger partial charge in [0.1, 0.15) is 5.82 Å². The van der Waals surface area contributed by atoms with Crippen molar-refractivity contribution in [1.82, 2.24) is 19.7 Å². The average Bonchev–Trinajstić information content (AvgIpc) is 3.01. The summed E-state index contributed by atoms with van der Waals surface area (Å²) in [5, 5.41) is 8.76. The molecule has 6 heteroatoms. The van der Waals surface area contributed by atoms with Crippen molar-refractivity contribution < 1.29 is 0 Å². The van der Waals surface area contributed by atoms with Crippen molar-refractivity contribution >= 4 is 34.1 Å². The maximum absolute atomic E-state index is 6.15. The molecule has 0 radical (unpaired) electrons. The van der Waals surface area contributed by atoms with Crippen LogP contribution in [0.5, 0.6) is 0 Å². The molecule has 2 heterocycles. The summed E-state index contributed by atoms with van der Waals surface area (Å²) in [6.45, 7) is 4.10. The first kappa shape index (κ1) is 15.6. The highest BCUT2D eigenvalue weighted by atomic mass is 35.5. The Morgan fingerprint density at radius 1 is 0.880 bits per heavy atom. The fourth-order valence-electron chi connectivity index (χ4n) is 2.63. The van der Waals surface area contributed by atoms with E-state index >= 15 is 0 Å². The van der Waals surface area contributed by atoms with E-state index in [0.29, 0.717) is 11.5 Å². The van der Waals surface area contributed by atoms with Crippen LogP contribution < -0.4 is 5.32 Å². The lowest BCUT2D eigenvalue weighted by atomic mass is 10.2. The van der Waals surface area contributed by atoms with Gasteiger partial charge in [0, 0.05) is 5.69 Å². The number of nitrogens with zero attached hydrogens (tertiary/aromatic N) is 4. The van der Waals surface area contributed by atoms with Crippen molar-refractivity contribution in [3.05, 3.63) is 71.1 Å². The van der Waals surface area contributed by atoms with Crippen molar-refractivity contribution in [3.8, 4) is 5.69 Å². The van der Waals surface area contributed by atoms with Crippen LogP contribution in [0.1, 0.15) is 11.1 Å². The lowest BCUT2D eigenvalue weighted by Crippen LogP contribution is -2.00. The first-order valence-electron chi connectivity index (χ1n) is 7.92. The van der Waals surface area contributed by atoms with E-state index in [1.165, 1.54) is 11.1 Å². The Kier molecular flexibility index (Phi) is 3.86. The van der Waals surface area contributed by atoms with Crippen LogP contribution in [0.3, 0.4) is 0 Å². The van der Waals surface area contributed by atoms with Gasteiger partial charge in [0.05, 0.1) is 17.3 Å². The van der Waals surface area contributed by atoms with Gasteiger partial charge in [-0.15, -0.1) is 0 Å². The predicted octanol–water partition coefficient (Wildman–Crippen LogP) is 4.83. The maximum atomic E-state index is 6.15. The molecule has 0 spiro atoms. The minimum atomic E-state index is 0.177. The first-order valence-corrected chi connectivity index (χ1v) is 8.30. The minimum Gasteiger partial charge on any atom is -0.339 e. The Bertz CT molecular complexity index is 1040. The molecular weight excluding hydrogens is 334 g/mol. The number of fused-ring (bicyclic) bond motifs is 1. The smallest absolute Gasteiger partial charge is 0.226 e. The van der Waals surface area contributed by atoms with Gasteiger partial charge in [0.15, 0.2) is 5.65 Å². The third-order valence-electron chi connectivity index (χ3n) is 3.99. The molecule has 0 aliphatic rings. The third-order valence-corrected chi connectivity index (χ3v) is 4.16. The van der Waals surface area contributed by atoms with Gasteiger partial charge in [-0.05, 0) is 49.7 Å². The molecule has 1 N–H and O–H groups in total. The van der Waals surface area contributed by atoms with E-state index in [1.54, 1.807) is 10.9 Å². The number of anilines is 2. The number of aromatic nitrogens is 4. The number of benzene rings is 2. The number of halogens is 1. The van der Waals surface area contributed by atoms with Gasteiger partial charge in [0.25, 0.3) is 0 Å². The minimum absolute atomic E-state index is 0.177. The molecule has 5 nitrogen and oxygen atoms in total. The molecule has 124 valence electrons. The number of aryl methyl sites for hydroxylation is 2. The summed E-state index contributed by atoms with van der Waals surface area (Å²) < 4.78 is 1.77. The number of rotatable bonds is 3. The van der Waals surface area contributed by atoms with Crippen LogP contribution in [0, 0.1) is 13.8 Å². The van der Waals surface area contributed by atoms with Gasteiger partial charge in [0.2, 0.25) is 5.28 Å². The van der Waals surface area contributed by atoms with Crippen molar-refractivity contribution in [1.29, 1.82) is 0 Å². The van der Waals surface area contributed by atoms with Gasteiger partial charge >= 0.3 is 0 Å². The molecule has 25 heavy (non-hydrogen) atoms. The molecule has 0 amide bonds. The van der Waals surface area contributed by atoms with Crippen LogP contribution in [-0.2, 0) is 0 Å². The van der Waals surface area contributed by atoms with Gasteiger partial charge < -0.3 is 5.32 Å². The van der Waals surface area contributed by atoms with Crippen molar-refractivity contribution in [3.63, 3.8) is 0 Å². The van der Waals surface area contributed by atoms with Crippen LogP contribution in [0.2, 0.25) is 5.28 Å². The fourth-order valence-corrected chi connectivity index (χ4v) is 2.79. The zero-order valence-electron chi connectivity index (χ0n) is 13.9. The topological polar surface area (TPSA) is 55.6 Å². The van der Waals surface area contributed by atoms with Crippen LogP contribution in [0.25, 0.3) is 16.7 Å². The highest BCUT2D eigenvalue weighted by Gasteiger charge is 2.13. The summed E-state index contributed by atoms with van der Waals surface area (Å²) in [5.41, 5.74) is 4.91. The highest BCUT2D eigenvalue weighted by Crippen LogP contribution is 2.27. The largest absolute Gasteiger partial charge is 0.339 e. The Hall–Kier alpha value is -2.92. The Balaban J connectivity index is 1.81. The normalized spacial score (nSPS) is 11.0. The van der Waals surface area contributed by atoms with E-state index in [2.05, 4.69) is 27.3 Å². The van der Waals surface area contributed by atoms with E-state index < -0.39 is 0 Å². The Morgan fingerprint density at radius 2 is 1.52 bits per heavy atom. The predicted molar refractivity (Wildman–Crippen MR) is 101 cm³/mol. The summed E-state index contributed by atoms with van der Waals surface area (Å²) in [5.74, 6) is 0.636. The second-order valence-corrected chi connectivity index (χ2v) is 6.30. The SMILES string of the molecule is Cc1ccc(Nc2nc(Cl)nc3c2cnn3-c2ccc(C)cc2)cc1. The van der Waals surface area contributed by atoms with E-state index in [1.807, 2.05) is 55.5 Å². The maximum Gasteiger partial charge on any atom is 0.226 e. The summed E-state index contributed by atoms with van der Waals surface area (Å²) >= 11 is 6.15. The molecule has 0 bridgehead atoms. The molecule has 0 aliphatic carbocycles. The molecule has 2 aromatic heterocycles. The molecule has 0 atom stereocenters. The van der Waals surface area contributed by atoms with Gasteiger partial charge in [-0.1, -0.05) is 35.4 Å². The number of nitrogens with one attached hydrogen (secondary N) is 1. The average molecular weight is 350 g/mol. The molecule has 0 saturated carbocycles. The van der Waals surface area contributed by atoms with E-state index in [0.717, 1.165) is 16.8 Å². The standard InChI is InChI=1S/C19H16ClN5/c1-12-3-7-14(8-4-12)22-17-16-11-21-25(18(16)24-19(20)23-17)15-9-5-13(2)6-10-15/h3-11H,1-2H3,(H,22,23,24). The summed E-state index contributed by atoms with van der Waals surface area (Å²) in [6, 6.07) is 16.2. The molecule has 4 rings (SSSR count). The monoisotopic (exact) mass is 349 g/mol. The quantitative estimate of drug-likeness (QED) is 0.538. The van der Waals surface area contributed by atoms with Crippen LogP contribution in [-0.4, -0.2) is 19.7 Å². The fraction of sp³-hybridized carbons (Fsp3) is 0.105. The Labute approximate surface area is 150 Å². The third kappa shape index (κ3) is 3.06. The summed E-state index contributed by atoms with van der Waals surface area (Å²) in [6.07, 6.45) is 1.75. The second kappa shape index (κ2) is 6.18. The summed E-state index contributed by atoms with van der Waals surface area (Å²) in [4.78, 5) is 8.70. The van der Waals surface area contributed by atoms with Crippen LogP contribution in [0.15, 0.2) is 54.7 Å². The molecule has 0 fully saturated rings. The van der Waals surface area contributed by atoms with Gasteiger partial charge in [-0.2, -0.15) is 15.1 Å². The van der Waals surface area contributed by atoms with Crippen molar-refractivity contribution in [2.45, 2.75) is 13.8 Å². The molecule has 4 aromatic rings. The van der Waals surface area contributed by atoms with Gasteiger partial charge in [-0.25, -0.2) is 4.68 Å². The molecule has 0 aliphatic heterocycles. The number of hydrogen-bond acceptors (Lipinski definition) is 4. The van der Waals surface area contributed by atoms with Crippen LogP contribution in [0.4, 0.5) is 11.5 Å². The van der Waals surface area contributed by atoms with Crippen LogP contribution >= 0.6 is 11.6 Å². The summed E-state index contributed by atoms with van der Waals surface area (Å²) in [7, 11) is 0. The molecule has 0 unspecified atom stereocenters. The van der Waals surface area contributed by atoms with Gasteiger partial charge in [-0.3, -0.25) is 0 Å². The van der Waals surface area contributed by atoms with E-state index in [9.17, 15) is 0 Å². The second-order valence-electron chi connectivity index (χ2n) is 5.96.